The molecule has 0 spiro atoms. The summed E-state index contributed by atoms with van der Waals surface area (Å²) in [5, 5.41) is 0.689. The van der Waals surface area contributed by atoms with Crippen LogP contribution in [0.1, 0.15) is 25.5 Å². The second-order valence-corrected chi connectivity index (χ2v) is 5.91. The maximum Gasteiger partial charge on any atom is 0.128 e. The number of nitrogens with zero attached hydrogens (tertiary/aromatic N) is 2. The Morgan fingerprint density at radius 1 is 1.62 bits per heavy atom. The van der Waals surface area contributed by atoms with E-state index < -0.39 is 0 Å². The van der Waals surface area contributed by atoms with E-state index in [1.54, 1.807) is 0 Å². The molecule has 2 atom stereocenters. The van der Waals surface area contributed by atoms with Crippen LogP contribution in [0.3, 0.4) is 0 Å². The lowest BCUT2D eigenvalue weighted by molar-refractivity contribution is 0.762. The Morgan fingerprint density at radius 2 is 2.44 bits per heavy atom. The van der Waals surface area contributed by atoms with Gasteiger partial charge in [0, 0.05) is 36.3 Å². The van der Waals surface area contributed by atoms with Crippen LogP contribution in [0.4, 0.5) is 5.82 Å². The van der Waals surface area contributed by atoms with Gasteiger partial charge >= 0.3 is 0 Å². The second kappa shape index (κ2) is 5.06. The van der Waals surface area contributed by atoms with E-state index in [9.17, 15) is 0 Å². The maximum atomic E-state index is 5.89. The van der Waals surface area contributed by atoms with Gasteiger partial charge in [0.15, 0.2) is 0 Å². The van der Waals surface area contributed by atoms with E-state index >= 15 is 0 Å². The number of hydrogen-bond donors (Lipinski definition) is 1. The summed E-state index contributed by atoms with van der Waals surface area (Å²) in [7, 11) is 0. The summed E-state index contributed by atoms with van der Waals surface area (Å²) in [6, 6.07) is 4.20. The van der Waals surface area contributed by atoms with Gasteiger partial charge < -0.3 is 10.6 Å². The Morgan fingerprint density at radius 3 is 3.12 bits per heavy atom. The Hall–Kier alpha value is -0.740. The Labute approximate surface area is 101 Å². The van der Waals surface area contributed by atoms with Gasteiger partial charge in [0.2, 0.25) is 0 Å². The minimum Gasteiger partial charge on any atom is -0.355 e. The van der Waals surface area contributed by atoms with E-state index in [1.807, 2.05) is 30.9 Å². The molecule has 2 rings (SSSR count). The van der Waals surface area contributed by atoms with E-state index in [-0.39, 0.29) is 6.04 Å². The van der Waals surface area contributed by atoms with Gasteiger partial charge in [-0.3, -0.25) is 0 Å². The Bertz CT molecular complexity index is 354. The van der Waals surface area contributed by atoms with Gasteiger partial charge in [-0.1, -0.05) is 6.92 Å². The van der Waals surface area contributed by atoms with Gasteiger partial charge in [0.05, 0.1) is 0 Å². The normalized spacial score (nSPS) is 23.2. The van der Waals surface area contributed by atoms with E-state index in [2.05, 4.69) is 22.9 Å². The molecular formula is C12H19N3S. The molecular weight excluding hydrogens is 218 g/mol. The molecule has 88 valence electrons. The van der Waals surface area contributed by atoms with Crippen LogP contribution in [-0.2, 0) is 0 Å². The third kappa shape index (κ3) is 2.68. The molecule has 2 N–H and O–H groups in total. The highest BCUT2D eigenvalue weighted by Crippen LogP contribution is 2.23. The zero-order valence-corrected chi connectivity index (χ0v) is 10.7. The van der Waals surface area contributed by atoms with Crippen LogP contribution in [-0.4, -0.2) is 29.1 Å². The quantitative estimate of drug-likeness (QED) is 0.855. The Balaban J connectivity index is 2.16. The second-order valence-electron chi connectivity index (χ2n) is 4.36. The first-order valence-electron chi connectivity index (χ1n) is 5.75. The molecule has 0 amide bonds. The zero-order valence-electron chi connectivity index (χ0n) is 9.89. The van der Waals surface area contributed by atoms with Gasteiger partial charge in [-0.05, 0) is 24.6 Å². The van der Waals surface area contributed by atoms with Crippen molar-refractivity contribution in [1.29, 1.82) is 0 Å². The van der Waals surface area contributed by atoms with Gasteiger partial charge in [0.25, 0.3) is 0 Å². The number of hydrogen-bond acceptors (Lipinski definition) is 4. The van der Waals surface area contributed by atoms with Crippen molar-refractivity contribution in [3.8, 4) is 0 Å². The predicted molar refractivity (Wildman–Crippen MR) is 71.0 cm³/mol. The standard InChI is InChI=1S/C12H19N3S/c1-9-8-15(5-6-16-9)12-7-11(10(2)13)3-4-14-12/h3-4,7,9-10H,5-6,8,13H2,1-2H3/t9?,10-/m0/s1. The molecule has 1 unspecified atom stereocenters. The van der Waals surface area contributed by atoms with Crippen LogP contribution >= 0.6 is 11.8 Å². The molecule has 0 bridgehead atoms. The number of rotatable bonds is 2. The summed E-state index contributed by atoms with van der Waals surface area (Å²) >= 11 is 2.03. The van der Waals surface area contributed by atoms with Crippen molar-refractivity contribution >= 4 is 17.6 Å². The largest absolute Gasteiger partial charge is 0.355 e. The predicted octanol–water partition coefficient (Wildman–Crippen LogP) is 2.04. The molecule has 0 aromatic carbocycles. The number of pyridine rings is 1. The highest BCUT2D eigenvalue weighted by molar-refractivity contribution is 8.00. The Kier molecular flexibility index (Phi) is 3.71. The van der Waals surface area contributed by atoms with Gasteiger partial charge in [-0.25, -0.2) is 4.98 Å². The number of anilines is 1. The number of thioether (sulfide) groups is 1. The number of aromatic nitrogens is 1. The van der Waals surface area contributed by atoms with Crippen LogP contribution in [0.25, 0.3) is 0 Å². The molecule has 0 aliphatic carbocycles. The summed E-state index contributed by atoms with van der Waals surface area (Å²) in [6.07, 6.45) is 1.86. The third-order valence-electron chi connectivity index (χ3n) is 2.86. The lowest BCUT2D eigenvalue weighted by atomic mass is 10.1. The molecule has 4 heteroatoms. The van der Waals surface area contributed by atoms with Gasteiger partial charge in [-0.2, -0.15) is 11.8 Å². The van der Waals surface area contributed by atoms with E-state index in [0.29, 0.717) is 5.25 Å². The topological polar surface area (TPSA) is 42.1 Å². The molecule has 1 aliphatic rings. The van der Waals surface area contributed by atoms with Gasteiger partial charge in [0.1, 0.15) is 5.82 Å². The molecule has 3 nitrogen and oxygen atoms in total. The van der Waals surface area contributed by atoms with Crippen molar-refractivity contribution < 1.29 is 0 Å². The molecule has 2 heterocycles. The average molecular weight is 237 g/mol. The minimum atomic E-state index is 0.0818. The van der Waals surface area contributed by atoms with E-state index in [4.69, 9.17) is 5.73 Å². The molecule has 16 heavy (non-hydrogen) atoms. The van der Waals surface area contributed by atoms with Crippen molar-refractivity contribution in [1.82, 2.24) is 4.98 Å². The van der Waals surface area contributed by atoms with Crippen LogP contribution in [0, 0.1) is 0 Å². The van der Waals surface area contributed by atoms with Crippen molar-refractivity contribution in [2.75, 3.05) is 23.7 Å². The molecule has 1 fully saturated rings. The summed E-state index contributed by atoms with van der Waals surface area (Å²) in [4.78, 5) is 6.80. The first kappa shape index (κ1) is 11.7. The van der Waals surface area contributed by atoms with Crippen molar-refractivity contribution in [3.63, 3.8) is 0 Å². The lowest BCUT2D eigenvalue weighted by Gasteiger charge is -2.31. The van der Waals surface area contributed by atoms with Crippen LogP contribution in [0.5, 0.6) is 0 Å². The lowest BCUT2D eigenvalue weighted by Crippen LogP contribution is -2.37. The minimum absolute atomic E-state index is 0.0818. The first-order chi connectivity index (χ1) is 7.66. The molecule has 0 saturated carbocycles. The summed E-state index contributed by atoms with van der Waals surface area (Å²) in [5.74, 6) is 2.26. The average Bonchev–Trinajstić information content (AvgIpc) is 2.29. The number of nitrogens with two attached hydrogens (primary N) is 1. The van der Waals surface area contributed by atoms with Crippen molar-refractivity contribution in [2.45, 2.75) is 25.1 Å². The summed E-state index contributed by atoms with van der Waals surface area (Å²) < 4.78 is 0. The fraction of sp³-hybridized carbons (Fsp3) is 0.583. The van der Waals surface area contributed by atoms with E-state index in [0.717, 1.165) is 24.5 Å². The monoisotopic (exact) mass is 237 g/mol. The van der Waals surface area contributed by atoms with Crippen LogP contribution < -0.4 is 10.6 Å². The fourth-order valence-electron chi connectivity index (χ4n) is 1.92. The first-order valence-corrected chi connectivity index (χ1v) is 6.80. The van der Waals surface area contributed by atoms with Crippen molar-refractivity contribution in [3.05, 3.63) is 23.9 Å². The third-order valence-corrected chi connectivity index (χ3v) is 4.00. The van der Waals surface area contributed by atoms with Crippen LogP contribution in [0.2, 0.25) is 0 Å². The summed E-state index contributed by atoms with van der Waals surface area (Å²) in [5.41, 5.74) is 7.05. The van der Waals surface area contributed by atoms with Crippen LogP contribution in [0.15, 0.2) is 18.3 Å². The molecule has 1 saturated heterocycles. The molecule has 1 aromatic heterocycles. The maximum absolute atomic E-state index is 5.89. The molecule has 1 aliphatic heterocycles. The van der Waals surface area contributed by atoms with Crippen molar-refractivity contribution in [2.24, 2.45) is 5.73 Å². The highest BCUT2D eigenvalue weighted by Gasteiger charge is 2.18. The summed E-state index contributed by atoms with van der Waals surface area (Å²) in [6.45, 7) is 6.45. The smallest absolute Gasteiger partial charge is 0.128 e. The van der Waals surface area contributed by atoms with E-state index in [1.165, 1.54) is 5.75 Å². The zero-order chi connectivity index (χ0) is 11.5. The SMILES string of the molecule is CC1CN(c2cc([C@H](C)N)ccn2)CCS1. The van der Waals surface area contributed by atoms with Gasteiger partial charge in [-0.15, -0.1) is 0 Å². The molecule has 0 radical (unpaired) electrons. The highest BCUT2D eigenvalue weighted by atomic mass is 32.2. The molecule has 1 aromatic rings. The fourth-order valence-corrected chi connectivity index (χ4v) is 2.93.